The molecule has 92 valence electrons. The van der Waals surface area contributed by atoms with Crippen molar-refractivity contribution in [3.8, 4) is 0 Å². The van der Waals surface area contributed by atoms with Gasteiger partial charge in [0.05, 0.1) is 0 Å². The molecule has 0 bridgehead atoms. The van der Waals surface area contributed by atoms with E-state index in [0.29, 0.717) is 0 Å². The van der Waals surface area contributed by atoms with E-state index in [1.54, 1.807) is 11.3 Å². The molecule has 0 aliphatic carbocycles. The number of allylic oxidation sites excluding steroid dienone is 2. The molecule has 17 heavy (non-hydrogen) atoms. The first-order valence-electron chi connectivity index (χ1n) is 5.53. The summed E-state index contributed by atoms with van der Waals surface area (Å²) in [5, 5.41) is 2.04. The van der Waals surface area contributed by atoms with Crippen LogP contribution >= 0.6 is 34.5 Å². The SMILES string of the molecule is CN1CCC=C1/C=C(/c1cccs1)C(C)(Cl)Cl. The summed E-state index contributed by atoms with van der Waals surface area (Å²) in [5.41, 5.74) is 2.16. The van der Waals surface area contributed by atoms with Gasteiger partial charge in [0.2, 0.25) is 0 Å². The van der Waals surface area contributed by atoms with Crippen LogP contribution in [0.1, 0.15) is 18.2 Å². The Labute approximate surface area is 116 Å². The number of thiophene rings is 1. The molecule has 0 radical (unpaired) electrons. The maximum atomic E-state index is 6.27. The van der Waals surface area contributed by atoms with Crippen molar-refractivity contribution in [1.82, 2.24) is 4.90 Å². The first-order chi connectivity index (χ1) is 7.98. The van der Waals surface area contributed by atoms with Crippen LogP contribution in [0.4, 0.5) is 0 Å². The van der Waals surface area contributed by atoms with E-state index < -0.39 is 4.33 Å². The van der Waals surface area contributed by atoms with Gasteiger partial charge in [-0.1, -0.05) is 35.3 Å². The van der Waals surface area contributed by atoms with Crippen molar-refractivity contribution in [1.29, 1.82) is 0 Å². The molecule has 2 heterocycles. The average Bonchev–Trinajstić information content (AvgIpc) is 2.84. The van der Waals surface area contributed by atoms with E-state index in [-0.39, 0.29) is 0 Å². The summed E-state index contributed by atoms with van der Waals surface area (Å²) in [7, 11) is 2.08. The molecule has 0 N–H and O–H groups in total. The van der Waals surface area contributed by atoms with E-state index in [4.69, 9.17) is 23.2 Å². The third kappa shape index (κ3) is 3.06. The molecule has 1 nitrogen and oxygen atoms in total. The summed E-state index contributed by atoms with van der Waals surface area (Å²) < 4.78 is -0.866. The molecule has 0 unspecified atom stereocenters. The molecule has 2 rings (SSSR count). The van der Waals surface area contributed by atoms with Crippen LogP contribution in [-0.4, -0.2) is 22.8 Å². The second-order valence-electron chi connectivity index (χ2n) is 4.26. The van der Waals surface area contributed by atoms with Gasteiger partial charge in [0.25, 0.3) is 0 Å². The predicted molar refractivity (Wildman–Crippen MR) is 77.7 cm³/mol. The summed E-state index contributed by atoms with van der Waals surface area (Å²) in [6, 6.07) is 4.06. The Bertz CT molecular complexity index is 440. The van der Waals surface area contributed by atoms with Gasteiger partial charge in [-0.3, -0.25) is 0 Å². The summed E-state index contributed by atoms with van der Waals surface area (Å²) in [6.07, 6.45) is 5.40. The van der Waals surface area contributed by atoms with Crippen LogP contribution < -0.4 is 0 Å². The quantitative estimate of drug-likeness (QED) is 0.738. The molecule has 4 heteroatoms. The predicted octanol–water partition coefficient (Wildman–Crippen LogP) is 4.54. The molecule has 0 fully saturated rings. The van der Waals surface area contributed by atoms with Crippen molar-refractivity contribution in [2.45, 2.75) is 17.7 Å². The maximum absolute atomic E-state index is 6.27. The van der Waals surface area contributed by atoms with Crippen molar-refractivity contribution in [2.75, 3.05) is 13.6 Å². The standard InChI is InChI=1S/C13H15Cl2NS/c1-13(14,15)11(12-6-4-8-17-12)9-10-5-3-7-16(10)2/h4-6,8-9H,3,7H2,1-2H3/b11-9-. The normalized spacial score (nSPS) is 17.5. The van der Waals surface area contributed by atoms with E-state index in [0.717, 1.165) is 23.4 Å². The van der Waals surface area contributed by atoms with Crippen LogP contribution in [-0.2, 0) is 0 Å². The van der Waals surface area contributed by atoms with Crippen LogP contribution in [0.3, 0.4) is 0 Å². The Kier molecular flexibility index (Phi) is 3.86. The molecular weight excluding hydrogens is 273 g/mol. The Morgan fingerprint density at radius 2 is 2.29 bits per heavy atom. The Morgan fingerprint density at radius 3 is 2.76 bits per heavy atom. The molecule has 0 spiro atoms. The largest absolute Gasteiger partial charge is 0.375 e. The van der Waals surface area contributed by atoms with Gasteiger partial charge >= 0.3 is 0 Å². The zero-order valence-corrected chi connectivity index (χ0v) is 12.2. The minimum Gasteiger partial charge on any atom is -0.375 e. The third-order valence-electron chi connectivity index (χ3n) is 2.81. The van der Waals surface area contributed by atoms with Crippen LogP contribution in [0.2, 0.25) is 0 Å². The molecule has 0 amide bonds. The Balaban J connectivity index is 2.38. The van der Waals surface area contributed by atoms with Gasteiger partial charge in [0.15, 0.2) is 0 Å². The minimum atomic E-state index is -0.866. The Morgan fingerprint density at radius 1 is 1.53 bits per heavy atom. The van der Waals surface area contributed by atoms with Crippen molar-refractivity contribution in [2.24, 2.45) is 0 Å². The van der Waals surface area contributed by atoms with Crippen molar-refractivity contribution >= 4 is 40.1 Å². The van der Waals surface area contributed by atoms with E-state index in [1.165, 1.54) is 5.70 Å². The van der Waals surface area contributed by atoms with E-state index in [9.17, 15) is 0 Å². The smallest absolute Gasteiger partial charge is 0.141 e. The average molecular weight is 288 g/mol. The summed E-state index contributed by atoms with van der Waals surface area (Å²) >= 11 is 14.2. The highest BCUT2D eigenvalue weighted by molar-refractivity contribution is 7.11. The van der Waals surface area contributed by atoms with Crippen LogP contribution in [0.25, 0.3) is 5.57 Å². The fourth-order valence-electron chi connectivity index (χ4n) is 1.85. The third-order valence-corrected chi connectivity index (χ3v) is 4.12. The number of likely N-dealkylation sites (N-methyl/N-ethyl adjacent to an activating group) is 1. The van der Waals surface area contributed by atoms with Crippen LogP contribution in [0, 0.1) is 0 Å². The number of hydrogen-bond acceptors (Lipinski definition) is 2. The first-order valence-corrected chi connectivity index (χ1v) is 7.17. The van der Waals surface area contributed by atoms with Crippen LogP contribution in [0.15, 0.2) is 35.4 Å². The van der Waals surface area contributed by atoms with Gasteiger partial charge in [0, 0.05) is 29.7 Å². The lowest BCUT2D eigenvalue weighted by Crippen LogP contribution is -2.14. The zero-order valence-electron chi connectivity index (χ0n) is 9.91. The highest BCUT2D eigenvalue weighted by Crippen LogP contribution is 2.39. The number of halogens is 2. The second-order valence-corrected chi connectivity index (χ2v) is 6.92. The molecule has 1 aromatic heterocycles. The summed E-state index contributed by atoms with van der Waals surface area (Å²) in [5.74, 6) is 0. The second kappa shape index (κ2) is 5.05. The molecular formula is C13H15Cl2NS. The summed E-state index contributed by atoms with van der Waals surface area (Å²) in [6.45, 7) is 2.88. The van der Waals surface area contributed by atoms with E-state index in [2.05, 4.69) is 30.2 Å². The van der Waals surface area contributed by atoms with Crippen molar-refractivity contribution in [3.05, 3.63) is 40.2 Å². The van der Waals surface area contributed by atoms with E-state index in [1.807, 2.05) is 18.4 Å². The first kappa shape index (κ1) is 13.0. The minimum absolute atomic E-state index is 0.866. The van der Waals surface area contributed by atoms with Crippen molar-refractivity contribution < 1.29 is 0 Å². The molecule has 0 aromatic carbocycles. The van der Waals surface area contributed by atoms with Crippen LogP contribution in [0.5, 0.6) is 0 Å². The molecule has 0 saturated heterocycles. The molecule has 0 atom stereocenters. The van der Waals surface area contributed by atoms with Gasteiger partial charge in [-0.25, -0.2) is 0 Å². The Hall–Kier alpha value is -0.440. The van der Waals surface area contributed by atoms with Gasteiger partial charge in [-0.15, -0.1) is 11.3 Å². The molecule has 0 saturated carbocycles. The number of alkyl halides is 2. The number of nitrogens with zero attached hydrogens (tertiary/aromatic N) is 1. The summed E-state index contributed by atoms with van der Waals surface area (Å²) in [4.78, 5) is 3.34. The lowest BCUT2D eigenvalue weighted by molar-refractivity contribution is 0.472. The van der Waals surface area contributed by atoms with Crippen molar-refractivity contribution in [3.63, 3.8) is 0 Å². The topological polar surface area (TPSA) is 3.24 Å². The fourth-order valence-corrected chi connectivity index (χ4v) is 3.13. The highest BCUT2D eigenvalue weighted by atomic mass is 35.5. The highest BCUT2D eigenvalue weighted by Gasteiger charge is 2.26. The molecule has 1 aliphatic rings. The number of rotatable bonds is 3. The van der Waals surface area contributed by atoms with Gasteiger partial charge < -0.3 is 4.90 Å². The monoisotopic (exact) mass is 287 g/mol. The van der Waals surface area contributed by atoms with Gasteiger partial charge in [-0.05, 0) is 30.9 Å². The number of hydrogen-bond donors (Lipinski definition) is 0. The molecule has 1 aromatic rings. The van der Waals surface area contributed by atoms with Gasteiger partial charge in [-0.2, -0.15) is 0 Å². The molecule has 1 aliphatic heterocycles. The maximum Gasteiger partial charge on any atom is 0.141 e. The van der Waals surface area contributed by atoms with Gasteiger partial charge in [0.1, 0.15) is 4.33 Å². The lowest BCUT2D eigenvalue weighted by atomic mass is 10.1. The van der Waals surface area contributed by atoms with E-state index >= 15 is 0 Å². The fraction of sp³-hybridized carbons (Fsp3) is 0.385. The lowest BCUT2D eigenvalue weighted by Gasteiger charge is -2.20. The zero-order chi connectivity index (χ0) is 12.5.